The number of carbonyl (C=O) groups is 3. The van der Waals surface area contributed by atoms with E-state index < -0.39 is 0 Å². The van der Waals surface area contributed by atoms with Crippen LogP contribution in [0.5, 0.6) is 0 Å². The number of ketones is 1. The molecule has 0 bridgehead atoms. The van der Waals surface area contributed by atoms with E-state index in [1.165, 1.54) is 0 Å². The number of rotatable bonds is 11. The van der Waals surface area contributed by atoms with Gasteiger partial charge in [-0.25, -0.2) is 4.79 Å². The number of hydrogen-bond acceptors (Lipinski definition) is 4. The van der Waals surface area contributed by atoms with E-state index in [4.69, 9.17) is 0 Å². The molecule has 0 aromatic carbocycles. The third-order valence-corrected chi connectivity index (χ3v) is 6.09. The van der Waals surface area contributed by atoms with E-state index in [0.717, 1.165) is 37.7 Å². The quantitative estimate of drug-likeness (QED) is 0.263. The Kier molecular flexibility index (Phi) is 7.15. The number of nitrogens with one attached hydrogen (secondary N) is 2. The number of fused-ring (bicyclic) bond motifs is 1. The highest BCUT2D eigenvalue weighted by Crippen LogP contribution is 2.33. The molecule has 0 aromatic heterocycles. The molecule has 0 saturated carbocycles. The fourth-order valence-corrected chi connectivity index (χ4v) is 4.91. The van der Waals surface area contributed by atoms with Gasteiger partial charge in [-0.2, -0.15) is 11.8 Å². The largest absolute Gasteiger partial charge is 0.332 e. The second-order valence-electron chi connectivity index (χ2n) is 6.40. The van der Waals surface area contributed by atoms with Crippen LogP contribution in [0, 0.1) is 5.92 Å². The molecule has 1 unspecified atom stereocenters. The van der Waals surface area contributed by atoms with Gasteiger partial charge in [0.25, 0.3) is 0 Å². The number of thioether (sulfide) groups is 1. The molecule has 4 atom stereocenters. The van der Waals surface area contributed by atoms with E-state index in [1.807, 2.05) is 11.8 Å². The Hall–Kier alpha value is -1.30. The first-order valence-electron chi connectivity index (χ1n) is 8.39. The van der Waals surface area contributed by atoms with Crippen molar-refractivity contribution < 1.29 is 14.4 Å². The molecule has 0 aromatic rings. The molecule has 2 saturated heterocycles. The number of unbranched alkanes of at least 4 members (excludes halogenated alkanes) is 1. The van der Waals surface area contributed by atoms with Gasteiger partial charge in [0.2, 0.25) is 0 Å². The van der Waals surface area contributed by atoms with E-state index >= 15 is 0 Å². The van der Waals surface area contributed by atoms with Crippen molar-refractivity contribution in [1.82, 2.24) is 10.6 Å². The fourth-order valence-electron chi connectivity index (χ4n) is 3.37. The van der Waals surface area contributed by atoms with E-state index in [2.05, 4.69) is 17.2 Å². The predicted octanol–water partition coefficient (Wildman–Crippen LogP) is 2.45. The maximum atomic E-state index is 12.0. The maximum absolute atomic E-state index is 12.0. The summed E-state index contributed by atoms with van der Waals surface area (Å²) < 4.78 is 0. The average Bonchev–Trinajstić information content (AvgIpc) is 3.04. The average molecular weight is 338 g/mol. The summed E-state index contributed by atoms with van der Waals surface area (Å²) in [6.07, 6.45) is 7.81. The number of allylic oxidation sites excluding steroid dienone is 1. The Balaban J connectivity index is 1.61. The summed E-state index contributed by atoms with van der Waals surface area (Å²) in [6.45, 7) is 3.68. The number of amides is 2. The second-order valence-corrected chi connectivity index (χ2v) is 7.68. The van der Waals surface area contributed by atoms with Crippen molar-refractivity contribution in [3.8, 4) is 0 Å². The molecule has 128 valence electrons. The molecule has 23 heavy (non-hydrogen) atoms. The smallest absolute Gasteiger partial charge is 0.315 e. The molecule has 0 spiro atoms. The van der Waals surface area contributed by atoms with Gasteiger partial charge in [0.05, 0.1) is 12.1 Å². The van der Waals surface area contributed by atoms with Gasteiger partial charge in [-0.1, -0.05) is 12.5 Å². The van der Waals surface area contributed by atoms with Crippen LogP contribution >= 0.6 is 11.8 Å². The summed E-state index contributed by atoms with van der Waals surface area (Å²) in [5.41, 5.74) is 0. The zero-order valence-corrected chi connectivity index (χ0v) is 14.3. The summed E-state index contributed by atoms with van der Waals surface area (Å²) in [7, 11) is 0. The molecule has 0 aliphatic carbocycles. The zero-order chi connectivity index (χ0) is 16.7. The van der Waals surface area contributed by atoms with Crippen molar-refractivity contribution in [2.75, 3.05) is 5.75 Å². The number of urea groups is 1. The number of aldehydes is 1. The molecule has 6 heteroatoms. The first-order chi connectivity index (χ1) is 11.1. The van der Waals surface area contributed by atoms with Crippen LogP contribution in [-0.2, 0) is 9.59 Å². The SMILES string of the molecule is C=CCC(CC=O)CC(=O)CCCC[C@@H]1SC[C@@H]2NC(=O)N[C@@H]21. The highest BCUT2D eigenvalue weighted by Gasteiger charge is 2.42. The van der Waals surface area contributed by atoms with E-state index in [-0.39, 0.29) is 29.8 Å². The fraction of sp³-hybridized carbons (Fsp3) is 0.706. The standard InChI is InChI=1S/C17H26N2O3S/c1-2-5-12(8-9-20)10-13(21)6-3-4-7-15-16-14(11-23-15)18-17(22)19-16/h2,9,12,14-16H,1,3-8,10-11H2,(H2,18,19,22)/t12?,14-,15-,16-/m0/s1. The Labute approximate surface area is 142 Å². The first kappa shape index (κ1) is 18.0. The van der Waals surface area contributed by atoms with Crippen LogP contribution in [0.3, 0.4) is 0 Å². The molecule has 2 N–H and O–H groups in total. The molecule has 2 fully saturated rings. The molecule has 2 amide bonds. The molecule has 5 nitrogen and oxygen atoms in total. The van der Waals surface area contributed by atoms with Crippen molar-refractivity contribution >= 4 is 29.9 Å². The predicted molar refractivity (Wildman–Crippen MR) is 92.6 cm³/mol. The summed E-state index contributed by atoms with van der Waals surface area (Å²) in [6, 6.07) is 0.457. The van der Waals surface area contributed by atoms with Crippen LogP contribution in [-0.4, -0.2) is 41.2 Å². The Morgan fingerprint density at radius 3 is 2.91 bits per heavy atom. The number of carbonyl (C=O) groups excluding carboxylic acids is 3. The van der Waals surface area contributed by atoms with Crippen LogP contribution in [0.15, 0.2) is 12.7 Å². The van der Waals surface area contributed by atoms with Crippen LogP contribution in [0.1, 0.15) is 44.9 Å². The van der Waals surface area contributed by atoms with Gasteiger partial charge in [0, 0.05) is 30.3 Å². The minimum Gasteiger partial charge on any atom is -0.332 e. The van der Waals surface area contributed by atoms with Crippen LogP contribution < -0.4 is 10.6 Å². The number of Topliss-reactive ketones (excluding diaryl/α,β-unsaturated/α-hetero) is 1. The third-order valence-electron chi connectivity index (χ3n) is 4.58. The highest BCUT2D eigenvalue weighted by atomic mass is 32.2. The zero-order valence-electron chi connectivity index (χ0n) is 13.5. The Morgan fingerprint density at radius 1 is 1.35 bits per heavy atom. The summed E-state index contributed by atoms with van der Waals surface area (Å²) in [5.74, 6) is 1.33. The maximum Gasteiger partial charge on any atom is 0.315 e. The molecule has 0 radical (unpaired) electrons. The van der Waals surface area contributed by atoms with Gasteiger partial charge in [-0.05, 0) is 25.2 Å². The molecule has 2 rings (SSSR count). The van der Waals surface area contributed by atoms with E-state index in [0.29, 0.717) is 24.5 Å². The molecule has 2 aliphatic heterocycles. The third kappa shape index (κ3) is 5.37. The topological polar surface area (TPSA) is 75.3 Å². The van der Waals surface area contributed by atoms with Crippen LogP contribution in [0.2, 0.25) is 0 Å². The molecular weight excluding hydrogens is 312 g/mol. The Morgan fingerprint density at radius 2 is 2.17 bits per heavy atom. The van der Waals surface area contributed by atoms with E-state index in [1.54, 1.807) is 6.08 Å². The minimum atomic E-state index is -0.0519. The lowest BCUT2D eigenvalue weighted by atomic mass is 9.93. The van der Waals surface area contributed by atoms with Crippen LogP contribution in [0.4, 0.5) is 4.79 Å². The monoisotopic (exact) mass is 338 g/mol. The van der Waals surface area contributed by atoms with Gasteiger partial charge in [0.1, 0.15) is 12.1 Å². The summed E-state index contributed by atoms with van der Waals surface area (Å²) in [5, 5.41) is 6.38. The lowest BCUT2D eigenvalue weighted by Crippen LogP contribution is -2.36. The summed E-state index contributed by atoms with van der Waals surface area (Å²) in [4.78, 5) is 33.9. The summed E-state index contributed by atoms with van der Waals surface area (Å²) >= 11 is 1.91. The molecular formula is C17H26N2O3S. The van der Waals surface area contributed by atoms with Gasteiger partial charge in [0.15, 0.2) is 0 Å². The number of hydrogen-bond donors (Lipinski definition) is 2. The van der Waals surface area contributed by atoms with Crippen molar-refractivity contribution in [1.29, 1.82) is 0 Å². The molecule has 2 heterocycles. The highest BCUT2D eigenvalue weighted by molar-refractivity contribution is 8.00. The van der Waals surface area contributed by atoms with Gasteiger partial charge in [-0.3, -0.25) is 4.79 Å². The normalized spacial score (nSPS) is 27.0. The second kappa shape index (κ2) is 9.11. The molecule has 2 aliphatic rings. The van der Waals surface area contributed by atoms with Crippen molar-refractivity contribution in [3.63, 3.8) is 0 Å². The van der Waals surface area contributed by atoms with Gasteiger partial charge < -0.3 is 15.4 Å². The first-order valence-corrected chi connectivity index (χ1v) is 9.43. The lowest BCUT2D eigenvalue weighted by molar-refractivity contribution is -0.120. The Bertz CT molecular complexity index is 445. The minimum absolute atomic E-state index is 0.0519. The van der Waals surface area contributed by atoms with Crippen LogP contribution in [0.25, 0.3) is 0 Å². The van der Waals surface area contributed by atoms with Gasteiger partial charge in [-0.15, -0.1) is 6.58 Å². The lowest BCUT2D eigenvalue weighted by Gasteiger charge is -2.16. The van der Waals surface area contributed by atoms with E-state index in [9.17, 15) is 14.4 Å². The van der Waals surface area contributed by atoms with Gasteiger partial charge >= 0.3 is 6.03 Å². The van der Waals surface area contributed by atoms with Crippen molar-refractivity contribution in [2.45, 2.75) is 62.3 Å². The van der Waals surface area contributed by atoms with Crippen molar-refractivity contribution in [3.05, 3.63) is 12.7 Å². The van der Waals surface area contributed by atoms with Crippen molar-refractivity contribution in [2.24, 2.45) is 5.92 Å².